The molecule has 5 aromatic rings. The monoisotopic (exact) mass is 607 g/mol. The van der Waals surface area contributed by atoms with E-state index in [0.29, 0.717) is 33.4 Å². The van der Waals surface area contributed by atoms with Crippen molar-refractivity contribution < 1.29 is 23.2 Å². The summed E-state index contributed by atoms with van der Waals surface area (Å²) in [6.07, 6.45) is 3.39. The van der Waals surface area contributed by atoms with Gasteiger partial charge in [-0.3, -0.25) is 14.4 Å². The van der Waals surface area contributed by atoms with Gasteiger partial charge < -0.3 is 14.8 Å². The molecule has 1 N–H and O–H groups in total. The van der Waals surface area contributed by atoms with E-state index in [0.717, 1.165) is 16.7 Å². The molecule has 8 nitrogen and oxygen atoms in total. The summed E-state index contributed by atoms with van der Waals surface area (Å²) in [5.41, 5.74) is 4.49. The maximum absolute atomic E-state index is 15.6. The second-order valence-electron chi connectivity index (χ2n) is 11.3. The van der Waals surface area contributed by atoms with Crippen LogP contribution in [0.5, 0.6) is 0 Å². The third-order valence-corrected chi connectivity index (χ3v) is 8.25. The van der Waals surface area contributed by atoms with Crippen LogP contribution in [0, 0.1) is 19.7 Å². The quantitative estimate of drug-likeness (QED) is 0.219. The average molecular weight is 608 g/mol. The van der Waals surface area contributed by atoms with Crippen LogP contribution in [0.4, 0.5) is 14.5 Å². The van der Waals surface area contributed by atoms with Gasteiger partial charge in [0, 0.05) is 52.6 Å². The molecule has 1 unspecified atom stereocenters. The predicted molar refractivity (Wildman–Crippen MR) is 168 cm³/mol. The molecule has 0 aliphatic carbocycles. The zero-order valence-electron chi connectivity index (χ0n) is 25.1. The Kier molecular flexibility index (Phi) is 7.97. The van der Waals surface area contributed by atoms with Crippen molar-refractivity contribution in [3.05, 3.63) is 102 Å². The normalized spacial score (nSPS) is 16.2. The molecule has 0 bridgehead atoms. The molecule has 0 radical (unpaired) electrons. The lowest BCUT2D eigenvalue weighted by molar-refractivity contribution is -0.137. The van der Waals surface area contributed by atoms with Crippen molar-refractivity contribution in [2.45, 2.75) is 46.0 Å². The van der Waals surface area contributed by atoms with Crippen molar-refractivity contribution in [1.82, 2.24) is 19.4 Å². The number of anilines is 1. The molecule has 0 spiro atoms. The number of fused-ring (bicyclic) bond motifs is 1. The lowest BCUT2D eigenvalue weighted by Gasteiger charge is -2.24. The molecule has 3 heterocycles. The molecule has 2 amide bonds. The number of carbonyl (C=O) groups is 3. The minimum atomic E-state index is -1.42. The maximum Gasteiger partial charge on any atom is 0.247 e. The topological polar surface area (TPSA) is 97.2 Å². The first-order valence-electron chi connectivity index (χ1n) is 14.6. The Hall–Kier alpha value is -5.25. The van der Waals surface area contributed by atoms with Crippen molar-refractivity contribution in [3.8, 4) is 22.3 Å². The summed E-state index contributed by atoms with van der Waals surface area (Å²) >= 11 is 0. The Morgan fingerprint density at radius 2 is 1.69 bits per heavy atom. The number of aromatic nitrogens is 3. The maximum atomic E-state index is 15.6. The molecule has 0 saturated carbocycles. The standard InChI is InChI=1S/C35H31F2N5O3/c1-20-7-4-5-8-26(20)27-9-6-10-30(34(27)37)40-35(45)32-14-25(36)17-42(32)33(44)19-41-18-29(21(2)43)28-13-23(11-12-31(28)41)24-15-38-22(3)39-16-24/h4-13,15-16,18,25,32H,14,17,19H2,1-3H3,(H,40,45)/t25-,32?/m1/s1. The SMILES string of the molecule is CC(=O)c1cn(CC(=O)N2C[C@H](F)CC2C(=O)Nc2cccc(-c3ccccc3C)c2F)c2ccc(-c3cnc(C)nc3)cc12. The van der Waals surface area contributed by atoms with Crippen molar-refractivity contribution in [2.75, 3.05) is 11.9 Å². The molecule has 2 atom stereocenters. The number of rotatable bonds is 7. The van der Waals surface area contributed by atoms with E-state index in [1.165, 1.54) is 17.9 Å². The zero-order chi connectivity index (χ0) is 31.8. The fourth-order valence-corrected chi connectivity index (χ4v) is 5.90. The average Bonchev–Trinajstić information content (AvgIpc) is 3.59. The van der Waals surface area contributed by atoms with Gasteiger partial charge in [0.2, 0.25) is 11.8 Å². The van der Waals surface area contributed by atoms with Crippen LogP contribution in [-0.4, -0.2) is 55.8 Å². The first kappa shape index (κ1) is 29.8. The van der Waals surface area contributed by atoms with E-state index >= 15 is 4.39 Å². The Bertz CT molecular complexity index is 1950. The summed E-state index contributed by atoms with van der Waals surface area (Å²) in [7, 11) is 0. The van der Waals surface area contributed by atoms with Crippen molar-refractivity contribution in [3.63, 3.8) is 0 Å². The fourth-order valence-electron chi connectivity index (χ4n) is 5.90. The van der Waals surface area contributed by atoms with E-state index in [2.05, 4.69) is 15.3 Å². The molecule has 6 rings (SSSR count). The van der Waals surface area contributed by atoms with E-state index in [4.69, 9.17) is 0 Å². The number of alkyl halides is 1. The van der Waals surface area contributed by atoms with E-state index in [1.807, 2.05) is 37.3 Å². The van der Waals surface area contributed by atoms with Gasteiger partial charge in [0.05, 0.1) is 12.2 Å². The summed E-state index contributed by atoms with van der Waals surface area (Å²) in [4.78, 5) is 49.2. The summed E-state index contributed by atoms with van der Waals surface area (Å²) in [5, 5.41) is 3.24. The molecule has 10 heteroatoms. The number of amides is 2. The second-order valence-corrected chi connectivity index (χ2v) is 11.3. The fraction of sp³-hybridized carbons (Fsp3) is 0.229. The highest BCUT2D eigenvalue weighted by Crippen LogP contribution is 2.32. The molecule has 1 aliphatic rings. The highest BCUT2D eigenvalue weighted by Gasteiger charge is 2.40. The Morgan fingerprint density at radius 3 is 2.42 bits per heavy atom. The summed E-state index contributed by atoms with van der Waals surface area (Å²) in [6, 6.07) is 16.4. The first-order chi connectivity index (χ1) is 21.6. The smallest absolute Gasteiger partial charge is 0.247 e. The van der Waals surface area contributed by atoms with Gasteiger partial charge in [-0.05, 0) is 55.7 Å². The van der Waals surface area contributed by atoms with E-state index in [1.54, 1.807) is 54.3 Å². The molecular weight excluding hydrogens is 576 g/mol. The lowest BCUT2D eigenvalue weighted by atomic mass is 9.99. The highest BCUT2D eigenvalue weighted by atomic mass is 19.1. The molecule has 2 aromatic heterocycles. The van der Waals surface area contributed by atoms with E-state index in [-0.39, 0.29) is 31.0 Å². The van der Waals surface area contributed by atoms with E-state index < -0.39 is 29.8 Å². The van der Waals surface area contributed by atoms with Crippen LogP contribution in [-0.2, 0) is 16.1 Å². The lowest BCUT2D eigenvalue weighted by Crippen LogP contribution is -2.44. The first-order valence-corrected chi connectivity index (χ1v) is 14.6. The molecule has 228 valence electrons. The van der Waals surface area contributed by atoms with Crippen LogP contribution in [0.15, 0.2) is 79.3 Å². The highest BCUT2D eigenvalue weighted by molar-refractivity contribution is 6.08. The van der Waals surface area contributed by atoms with Gasteiger partial charge >= 0.3 is 0 Å². The second kappa shape index (κ2) is 12.0. The third-order valence-electron chi connectivity index (χ3n) is 8.25. The van der Waals surface area contributed by atoms with Gasteiger partial charge in [-0.25, -0.2) is 18.7 Å². The summed E-state index contributed by atoms with van der Waals surface area (Å²) < 4.78 is 31.9. The molecular formula is C35H31F2N5O3. The van der Waals surface area contributed by atoms with Crippen LogP contribution in [0.1, 0.15) is 35.1 Å². The Morgan fingerprint density at radius 1 is 0.956 bits per heavy atom. The Labute approximate surface area is 258 Å². The van der Waals surface area contributed by atoms with Crippen molar-refractivity contribution in [2.24, 2.45) is 0 Å². The van der Waals surface area contributed by atoms with Gasteiger partial charge in [-0.15, -0.1) is 0 Å². The predicted octanol–water partition coefficient (Wildman–Crippen LogP) is 6.30. The number of benzene rings is 3. The van der Waals surface area contributed by atoms with Crippen LogP contribution in [0.25, 0.3) is 33.2 Å². The number of hydrogen-bond acceptors (Lipinski definition) is 5. The van der Waals surface area contributed by atoms with Gasteiger partial charge in [0.15, 0.2) is 11.6 Å². The number of ketones is 1. The number of nitrogens with zero attached hydrogens (tertiary/aromatic N) is 4. The number of hydrogen-bond donors (Lipinski definition) is 1. The molecule has 1 saturated heterocycles. The molecule has 3 aromatic carbocycles. The Balaban J connectivity index is 1.25. The molecule has 1 fully saturated rings. The van der Waals surface area contributed by atoms with E-state index in [9.17, 15) is 18.8 Å². The van der Waals surface area contributed by atoms with Crippen LogP contribution in [0.2, 0.25) is 0 Å². The number of aryl methyl sites for hydroxylation is 2. The van der Waals surface area contributed by atoms with Crippen LogP contribution in [0.3, 0.4) is 0 Å². The third kappa shape index (κ3) is 5.83. The minimum Gasteiger partial charge on any atom is -0.337 e. The van der Waals surface area contributed by atoms with Gasteiger partial charge in [0.1, 0.15) is 24.6 Å². The van der Waals surface area contributed by atoms with Crippen LogP contribution >= 0.6 is 0 Å². The number of Topliss-reactive ketones (excluding diaryl/α,β-unsaturated/α-hetero) is 1. The largest absolute Gasteiger partial charge is 0.337 e. The number of likely N-dealkylation sites (tertiary alicyclic amines) is 1. The van der Waals surface area contributed by atoms with Crippen LogP contribution < -0.4 is 5.32 Å². The van der Waals surface area contributed by atoms with Gasteiger partial charge in [0.25, 0.3) is 0 Å². The number of halogens is 2. The van der Waals surface area contributed by atoms with Gasteiger partial charge in [-0.1, -0.05) is 42.5 Å². The van der Waals surface area contributed by atoms with Crippen molar-refractivity contribution in [1.29, 1.82) is 0 Å². The summed E-state index contributed by atoms with van der Waals surface area (Å²) in [6.45, 7) is 4.63. The number of carbonyl (C=O) groups excluding carboxylic acids is 3. The number of nitrogens with one attached hydrogen (secondary N) is 1. The summed E-state index contributed by atoms with van der Waals surface area (Å²) in [5.74, 6) is -1.32. The zero-order valence-corrected chi connectivity index (χ0v) is 25.1. The minimum absolute atomic E-state index is 0.0484. The van der Waals surface area contributed by atoms with Crippen molar-refractivity contribution >= 4 is 34.2 Å². The molecule has 45 heavy (non-hydrogen) atoms. The molecule has 1 aliphatic heterocycles. The van der Waals surface area contributed by atoms with Gasteiger partial charge in [-0.2, -0.15) is 0 Å².